The van der Waals surface area contributed by atoms with Crippen LogP contribution in [0.5, 0.6) is 5.75 Å². The average molecular weight is 339 g/mol. The first-order valence-electron chi connectivity index (χ1n) is 8.51. The summed E-state index contributed by atoms with van der Waals surface area (Å²) in [5.41, 5.74) is 1.54. The molecule has 0 amide bonds. The van der Waals surface area contributed by atoms with Gasteiger partial charge in [-0.25, -0.2) is 0 Å². The number of rotatable bonds is 7. The van der Waals surface area contributed by atoms with Crippen molar-refractivity contribution in [2.75, 3.05) is 25.1 Å². The summed E-state index contributed by atoms with van der Waals surface area (Å²) in [5.74, 6) is -0.756. The number of ketones is 2. The SMILES string of the molecule is CCCCOCCNc1ccc(O)c2c1C(=O)c1ccccc1C2=O. The Morgan fingerprint density at radius 2 is 1.64 bits per heavy atom. The first-order valence-corrected chi connectivity index (χ1v) is 8.51. The first kappa shape index (κ1) is 17.2. The second-order valence-electron chi connectivity index (χ2n) is 5.98. The van der Waals surface area contributed by atoms with Gasteiger partial charge in [-0.2, -0.15) is 0 Å². The van der Waals surface area contributed by atoms with Gasteiger partial charge >= 0.3 is 0 Å². The van der Waals surface area contributed by atoms with Gasteiger partial charge in [0, 0.05) is 30.0 Å². The van der Waals surface area contributed by atoms with Crippen LogP contribution >= 0.6 is 0 Å². The summed E-state index contributed by atoms with van der Waals surface area (Å²) >= 11 is 0. The molecule has 5 nitrogen and oxygen atoms in total. The summed E-state index contributed by atoms with van der Waals surface area (Å²) in [6.07, 6.45) is 2.09. The summed E-state index contributed by atoms with van der Waals surface area (Å²) < 4.78 is 5.50. The van der Waals surface area contributed by atoms with Crippen molar-refractivity contribution in [3.05, 3.63) is 58.7 Å². The monoisotopic (exact) mass is 339 g/mol. The van der Waals surface area contributed by atoms with E-state index in [-0.39, 0.29) is 28.4 Å². The smallest absolute Gasteiger partial charge is 0.198 e. The van der Waals surface area contributed by atoms with Crippen molar-refractivity contribution in [2.24, 2.45) is 0 Å². The minimum Gasteiger partial charge on any atom is -0.507 e. The molecule has 0 spiro atoms. The zero-order chi connectivity index (χ0) is 17.8. The molecule has 0 unspecified atom stereocenters. The summed E-state index contributed by atoms with van der Waals surface area (Å²) in [4.78, 5) is 25.6. The van der Waals surface area contributed by atoms with Crippen LogP contribution in [0.4, 0.5) is 5.69 Å². The van der Waals surface area contributed by atoms with E-state index in [0.717, 1.165) is 12.8 Å². The van der Waals surface area contributed by atoms with Gasteiger partial charge in [0.2, 0.25) is 0 Å². The molecule has 0 radical (unpaired) electrons. The van der Waals surface area contributed by atoms with Gasteiger partial charge in [0.05, 0.1) is 17.7 Å². The molecule has 0 bridgehead atoms. The molecule has 0 aliphatic heterocycles. The van der Waals surface area contributed by atoms with E-state index in [1.54, 1.807) is 30.3 Å². The van der Waals surface area contributed by atoms with Gasteiger partial charge < -0.3 is 15.2 Å². The van der Waals surface area contributed by atoms with Crippen LogP contribution in [-0.2, 0) is 4.74 Å². The minimum atomic E-state index is -0.328. The number of phenolic OH excluding ortho intramolecular Hbond substituents is 1. The van der Waals surface area contributed by atoms with Crippen LogP contribution in [0, 0.1) is 0 Å². The Morgan fingerprint density at radius 3 is 2.32 bits per heavy atom. The number of unbranched alkanes of at least 4 members (excludes halogenated alkanes) is 1. The van der Waals surface area contributed by atoms with Gasteiger partial charge in [0.15, 0.2) is 11.6 Å². The maximum absolute atomic E-state index is 12.9. The molecular weight excluding hydrogens is 318 g/mol. The van der Waals surface area contributed by atoms with E-state index in [9.17, 15) is 14.7 Å². The number of nitrogens with one attached hydrogen (secondary N) is 1. The number of carbonyl (C=O) groups is 2. The molecule has 0 aromatic heterocycles. The van der Waals surface area contributed by atoms with Crippen LogP contribution in [0.2, 0.25) is 0 Å². The van der Waals surface area contributed by atoms with Crippen molar-refractivity contribution >= 4 is 17.3 Å². The number of anilines is 1. The Labute approximate surface area is 146 Å². The molecule has 3 rings (SSSR count). The standard InChI is InChI=1S/C20H21NO4/c1-2-3-11-25-12-10-21-15-8-9-16(22)18-17(15)19(23)13-6-4-5-7-14(13)20(18)24/h4-9,21-22H,2-3,10-12H2,1H3. The zero-order valence-electron chi connectivity index (χ0n) is 14.2. The summed E-state index contributed by atoms with van der Waals surface area (Å²) in [7, 11) is 0. The summed E-state index contributed by atoms with van der Waals surface area (Å²) in [6, 6.07) is 9.76. The number of carbonyl (C=O) groups excluding carboxylic acids is 2. The van der Waals surface area contributed by atoms with E-state index in [4.69, 9.17) is 4.74 Å². The molecule has 130 valence electrons. The van der Waals surface area contributed by atoms with Gasteiger partial charge in [-0.15, -0.1) is 0 Å². The molecule has 1 aliphatic rings. The maximum Gasteiger partial charge on any atom is 0.198 e. The number of ether oxygens (including phenoxy) is 1. The topological polar surface area (TPSA) is 75.6 Å². The number of aromatic hydroxyl groups is 1. The van der Waals surface area contributed by atoms with Crippen LogP contribution < -0.4 is 5.32 Å². The molecule has 0 heterocycles. The lowest BCUT2D eigenvalue weighted by molar-refractivity contribution is 0.0977. The molecule has 2 aromatic carbocycles. The van der Waals surface area contributed by atoms with Gasteiger partial charge in [-0.05, 0) is 18.6 Å². The number of benzene rings is 2. The second kappa shape index (κ2) is 7.49. The number of hydrogen-bond acceptors (Lipinski definition) is 5. The third-order valence-corrected chi connectivity index (χ3v) is 4.26. The van der Waals surface area contributed by atoms with E-state index in [2.05, 4.69) is 12.2 Å². The Hall–Kier alpha value is -2.66. The second-order valence-corrected chi connectivity index (χ2v) is 5.98. The molecule has 1 aliphatic carbocycles. The average Bonchev–Trinajstić information content (AvgIpc) is 2.63. The lowest BCUT2D eigenvalue weighted by atomic mass is 9.82. The Kier molecular flexibility index (Phi) is 5.14. The molecule has 2 N–H and O–H groups in total. The van der Waals surface area contributed by atoms with Crippen LogP contribution in [0.15, 0.2) is 36.4 Å². The van der Waals surface area contributed by atoms with Crippen LogP contribution in [-0.4, -0.2) is 36.4 Å². The summed E-state index contributed by atoms with van der Waals surface area (Å²) in [6.45, 7) is 3.83. The molecule has 25 heavy (non-hydrogen) atoms. The highest BCUT2D eigenvalue weighted by atomic mass is 16.5. The predicted octanol–water partition coefficient (Wildman–Crippen LogP) is 3.40. The lowest BCUT2D eigenvalue weighted by Gasteiger charge is -2.21. The van der Waals surface area contributed by atoms with Gasteiger partial charge in [-0.1, -0.05) is 37.6 Å². The Morgan fingerprint density at radius 1 is 0.960 bits per heavy atom. The van der Waals surface area contributed by atoms with Crippen molar-refractivity contribution < 1.29 is 19.4 Å². The molecule has 5 heteroatoms. The Bertz CT molecular complexity index is 813. The fourth-order valence-corrected chi connectivity index (χ4v) is 2.96. The van der Waals surface area contributed by atoms with E-state index in [1.165, 1.54) is 6.07 Å². The van der Waals surface area contributed by atoms with E-state index < -0.39 is 0 Å². The normalized spacial score (nSPS) is 12.7. The van der Waals surface area contributed by atoms with Crippen LogP contribution in [0.25, 0.3) is 0 Å². The van der Waals surface area contributed by atoms with E-state index >= 15 is 0 Å². The quantitative estimate of drug-likeness (QED) is 0.510. The first-order chi connectivity index (χ1) is 12.1. The number of fused-ring (bicyclic) bond motifs is 2. The highest BCUT2D eigenvalue weighted by Crippen LogP contribution is 2.36. The third kappa shape index (κ3) is 3.28. The van der Waals surface area contributed by atoms with Crippen molar-refractivity contribution in [3.63, 3.8) is 0 Å². The molecule has 0 fully saturated rings. The Balaban J connectivity index is 1.86. The van der Waals surface area contributed by atoms with Crippen molar-refractivity contribution in [2.45, 2.75) is 19.8 Å². The highest BCUT2D eigenvalue weighted by molar-refractivity contribution is 6.31. The largest absolute Gasteiger partial charge is 0.507 e. The molecular formula is C20H21NO4. The minimum absolute atomic E-state index is 0.0700. The van der Waals surface area contributed by atoms with Crippen LogP contribution in [0.3, 0.4) is 0 Å². The number of hydrogen-bond donors (Lipinski definition) is 2. The fourth-order valence-electron chi connectivity index (χ4n) is 2.96. The molecule has 0 saturated heterocycles. The van der Waals surface area contributed by atoms with Crippen LogP contribution in [0.1, 0.15) is 51.6 Å². The third-order valence-electron chi connectivity index (χ3n) is 4.26. The van der Waals surface area contributed by atoms with Gasteiger partial charge in [0.25, 0.3) is 0 Å². The van der Waals surface area contributed by atoms with Crippen molar-refractivity contribution in [1.29, 1.82) is 0 Å². The summed E-state index contributed by atoms with van der Waals surface area (Å²) in [5, 5.41) is 13.3. The predicted molar refractivity (Wildman–Crippen MR) is 95.6 cm³/mol. The van der Waals surface area contributed by atoms with E-state index in [0.29, 0.717) is 36.6 Å². The fraction of sp³-hybridized carbons (Fsp3) is 0.300. The zero-order valence-corrected chi connectivity index (χ0v) is 14.2. The highest BCUT2D eigenvalue weighted by Gasteiger charge is 2.33. The van der Waals surface area contributed by atoms with Gasteiger partial charge in [0.1, 0.15) is 5.75 Å². The number of phenols is 1. The molecule has 2 aromatic rings. The molecule has 0 saturated carbocycles. The molecule has 0 atom stereocenters. The maximum atomic E-state index is 12.9. The lowest BCUT2D eigenvalue weighted by Crippen LogP contribution is -2.23. The van der Waals surface area contributed by atoms with Crippen molar-refractivity contribution in [3.8, 4) is 5.75 Å². The van der Waals surface area contributed by atoms with Gasteiger partial charge in [-0.3, -0.25) is 9.59 Å². The van der Waals surface area contributed by atoms with E-state index in [1.807, 2.05) is 0 Å². The van der Waals surface area contributed by atoms with Crippen molar-refractivity contribution in [1.82, 2.24) is 0 Å².